The summed E-state index contributed by atoms with van der Waals surface area (Å²) in [5.74, 6) is 0.533. The molecule has 0 amide bonds. The van der Waals surface area contributed by atoms with E-state index in [2.05, 4.69) is 5.32 Å². The van der Waals surface area contributed by atoms with E-state index in [4.69, 9.17) is 10.5 Å². The van der Waals surface area contributed by atoms with Gasteiger partial charge in [-0.25, -0.2) is 4.39 Å². The summed E-state index contributed by atoms with van der Waals surface area (Å²) in [5, 5.41) is 3.13. The zero-order chi connectivity index (χ0) is 15.2. The predicted octanol–water partition coefficient (Wildman–Crippen LogP) is 3.72. The molecule has 2 aromatic carbocycles. The van der Waals surface area contributed by atoms with Crippen molar-refractivity contribution in [2.45, 2.75) is 26.0 Å². The van der Waals surface area contributed by atoms with Crippen LogP contribution in [-0.2, 0) is 0 Å². The standard InChI is InChI=1S/C17H21FN2O/c1-12(2)21-14-9-7-13(8-10-14)17(11-19)20-16-6-4-3-5-15(16)18/h3-10,12,17,20H,11,19H2,1-2H3. The summed E-state index contributed by atoms with van der Waals surface area (Å²) in [6.45, 7) is 4.34. The molecular formula is C17H21FN2O. The molecule has 112 valence electrons. The molecule has 0 saturated heterocycles. The lowest BCUT2D eigenvalue weighted by atomic mass is 10.1. The van der Waals surface area contributed by atoms with Crippen LogP contribution in [0.1, 0.15) is 25.5 Å². The smallest absolute Gasteiger partial charge is 0.146 e. The Balaban J connectivity index is 2.12. The van der Waals surface area contributed by atoms with Crippen LogP contribution in [0.25, 0.3) is 0 Å². The largest absolute Gasteiger partial charge is 0.491 e. The number of hydrogen-bond acceptors (Lipinski definition) is 3. The Bertz CT molecular complexity index is 569. The number of ether oxygens (including phenoxy) is 1. The van der Waals surface area contributed by atoms with E-state index in [1.165, 1.54) is 6.07 Å². The van der Waals surface area contributed by atoms with Crippen molar-refractivity contribution in [3.8, 4) is 5.75 Å². The number of nitrogens with one attached hydrogen (secondary N) is 1. The van der Waals surface area contributed by atoms with E-state index in [0.717, 1.165) is 11.3 Å². The van der Waals surface area contributed by atoms with E-state index in [1.54, 1.807) is 18.2 Å². The summed E-state index contributed by atoms with van der Waals surface area (Å²) in [6.07, 6.45) is 0.137. The fraction of sp³-hybridized carbons (Fsp3) is 0.294. The third-order valence-electron chi connectivity index (χ3n) is 3.09. The van der Waals surface area contributed by atoms with Crippen LogP contribution < -0.4 is 15.8 Å². The fourth-order valence-electron chi connectivity index (χ4n) is 2.10. The highest BCUT2D eigenvalue weighted by atomic mass is 19.1. The summed E-state index contributed by atoms with van der Waals surface area (Å²) >= 11 is 0. The lowest BCUT2D eigenvalue weighted by molar-refractivity contribution is 0.242. The Hall–Kier alpha value is -2.07. The molecule has 0 aliphatic heterocycles. The average Bonchev–Trinajstić information content (AvgIpc) is 2.47. The van der Waals surface area contributed by atoms with Crippen molar-refractivity contribution in [3.63, 3.8) is 0 Å². The summed E-state index contributed by atoms with van der Waals surface area (Å²) < 4.78 is 19.3. The Morgan fingerprint density at radius 1 is 1.10 bits per heavy atom. The molecule has 3 N–H and O–H groups in total. The number of rotatable bonds is 6. The van der Waals surface area contributed by atoms with Gasteiger partial charge in [0.15, 0.2) is 0 Å². The third kappa shape index (κ3) is 4.20. The quantitative estimate of drug-likeness (QED) is 0.851. The van der Waals surface area contributed by atoms with Gasteiger partial charge < -0.3 is 15.8 Å². The van der Waals surface area contributed by atoms with Crippen molar-refractivity contribution >= 4 is 5.69 Å². The molecule has 0 bridgehead atoms. The molecule has 3 nitrogen and oxygen atoms in total. The van der Waals surface area contributed by atoms with Gasteiger partial charge in [-0.15, -0.1) is 0 Å². The lowest BCUT2D eigenvalue weighted by Gasteiger charge is -2.19. The van der Waals surface area contributed by atoms with Gasteiger partial charge in [-0.2, -0.15) is 0 Å². The molecule has 0 aromatic heterocycles. The highest BCUT2D eigenvalue weighted by Crippen LogP contribution is 2.23. The number of anilines is 1. The molecule has 0 radical (unpaired) electrons. The second-order valence-corrected chi connectivity index (χ2v) is 5.15. The minimum absolute atomic E-state index is 0.137. The first-order chi connectivity index (χ1) is 10.1. The van der Waals surface area contributed by atoms with Gasteiger partial charge in [0.25, 0.3) is 0 Å². The summed E-state index contributed by atoms with van der Waals surface area (Å²) in [6, 6.07) is 14.1. The summed E-state index contributed by atoms with van der Waals surface area (Å²) in [5.41, 5.74) is 7.26. The third-order valence-corrected chi connectivity index (χ3v) is 3.09. The molecule has 0 fully saturated rings. The molecule has 21 heavy (non-hydrogen) atoms. The van der Waals surface area contributed by atoms with E-state index in [9.17, 15) is 4.39 Å². The second-order valence-electron chi connectivity index (χ2n) is 5.15. The van der Waals surface area contributed by atoms with Crippen molar-refractivity contribution in [1.29, 1.82) is 0 Å². The maximum Gasteiger partial charge on any atom is 0.146 e. The van der Waals surface area contributed by atoms with E-state index in [1.807, 2.05) is 38.1 Å². The van der Waals surface area contributed by atoms with Crippen LogP contribution in [0.15, 0.2) is 48.5 Å². The molecule has 0 saturated carbocycles. The number of hydrogen-bond donors (Lipinski definition) is 2. The van der Waals surface area contributed by atoms with E-state index >= 15 is 0 Å². The molecule has 2 aromatic rings. The SMILES string of the molecule is CC(C)Oc1ccc(C(CN)Nc2ccccc2F)cc1. The van der Waals surface area contributed by atoms with Crippen molar-refractivity contribution in [3.05, 3.63) is 59.9 Å². The molecule has 1 unspecified atom stereocenters. The van der Waals surface area contributed by atoms with Crippen LogP contribution in [-0.4, -0.2) is 12.6 Å². The molecule has 0 heterocycles. The normalized spacial score (nSPS) is 12.2. The van der Waals surface area contributed by atoms with Crippen molar-refractivity contribution in [2.24, 2.45) is 5.73 Å². The topological polar surface area (TPSA) is 47.3 Å². The van der Waals surface area contributed by atoms with E-state index in [-0.39, 0.29) is 18.0 Å². The fourth-order valence-corrected chi connectivity index (χ4v) is 2.10. The molecule has 2 rings (SSSR count). The van der Waals surface area contributed by atoms with Crippen molar-refractivity contribution in [1.82, 2.24) is 0 Å². The van der Waals surface area contributed by atoms with Gasteiger partial charge in [0.05, 0.1) is 17.8 Å². The highest BCUT2D eigenvalue weighted by molar-refractivity contribution is 5.47. The summed E-state index contributed by atoms with van der Waals surface area (Å²) in [4.78, 5) is 0. The Kier molecular flexibility index (Phi) is 5.17. The lowest BCUT2D eigenvalue weighted by Crippen LogP contribution is -2.21. The number of nitrogens with two attached hydrogens (primary N) is 1. The predicted molar refractivity (Wildman–Crippen MR) is 84.0 cm³/mol. The molecule has 1 atom stereocenters. The van der Waals surface area contributed by atoms with Gasteiger partial charge in [-0.3, -0.25) is 0 Å². The number of benzene rings is 2. The van der Waals surface area contributed by atoms with E-state index < -0.39 is 0 Å². The van der Waals surface area contributed by atoms with Crippen LogP contribution in [0.4, 0.5) is 10.1 Å². The van der Waals surface area contributed by atoms with Gasteiger partial charge in [-0.05, 0) is 43.7 Å². The van der Waals surface area contributed by atoms with Gasteiger partial charge in [0.2, 0.25) is 0 Å². The van der Waals surface area contributed by atoms with Crippen LogP contribution >= 0.6 is 0 Å². The van der Waals surface area contributed by atoms with E-state index in [0.29, 0.717) is 12.2 Å². The maximum absolute atomic E-state index is 13.7. The van der Waals surface area contributed by atoms with Crippen molar-refractivity contribution < 1.29 is 9.13 Å². The highest BCUT2D eigenvalue weighted by Gasteiger charge is 2.11. The zero-order valence-electron chi connectivity index (χ0n) is 12.3. The van der Waals surface area contributed by atoms with Crippen LogP contribution in [0.2, 0.25) is 0 Å². The van der Waals surface area contributed by atoms with Gasteiger partial charge in [0, 0.05) is 6.54 Å². The number of para-hydroxylation sites is 1. The monoisotopic (exact) mass is 288 g/mol. The van der Waals surface area contributed by atoms with Gasteiger partial charge in [0.1, 0.15) is 11.6 Å². The maximum atomic E-state index is 13.7. The van der Waals surface area contributed by atoms with Crippen LogP contribution in [0.3, 0.4) is 0 Å². The molecule has 4 heteroatoms. The first-order valence-electron chi connectivity index (χ1n) is 7.08. The average molecular weight is 288 g/mol. The Labute approximate surface area is 124 Å². The summed E-state index contributed by atoms with van der Waals surface area (Å²) in [7, 11) is 0. The molecule has 0 aliphatic carbocycles. The Morgan fingerprint density at radius 3 is 2.33 bits per heavy atom. The second kappa shape index (κ2) is 7.09. The molecular weight excluding hydrogens is 267 g/mol. The van der Waals surface area contributed by atoms with Crippen molar-refractivity contribution in [2.75, 3.05) is 11.9 Å². The Morgan fingerprint density at radius 2 is 1.76 bits per heavy atom. The van der Waals surface area contributed by atoms with Gasteiger partial charge >= 0.3 is 0 Å². The minimum atomic E-state index is -0.282. The van der Waals surface area contributed by atoms with Crippen LogP contribution in [0.5, 0.6) is 5.75 Å². The molecule has 0 aliphatic rings. The van der Waals surface area contributed by atoms with Gasteiger partial charge in [-0.1, -0.05) is 24.3 Å². The first-order valence-corrected chi connectivity index (χ1v) is 7.08. The minimum Gasteiger partial charge on any atom is -0.491 e. The van der Waals surface area contributed by atoms with Crippen LogP contribution in [0, 0.1) is 5.82 Å². The zero-order valence-corrected chi connectivity index (χ0v) is 12.3. The molecule has 0 spiro atoms. The first kappa shape index (κ1) is 15.3. The number of halogens is 1.